The lowest BCUT2D eigenvalue weighted by Gasteiger charge is -2.31. The van der Waals surface area contributed by atoms with E-state index in [1.807, 2.05) is 0 Å². The van der Waals surface area contributed by atoms with Crippen LogP contribution >= 0.6 is 0 Å². The number of halogens is 3. The highest BCUT2D eigenvalue weighted by atomic mass is 19.4. The minimum absolute atomic E-state index is 0.111. The molecule has 1 saturated carbocycles. The molecule has 6 heteroatoms. The molecule has 0 radical (unpaired) electrons. The maximum atomic E-state index is 12.7. The third kappa shape index (κ3) is 5.22. The summed E-state index contributed by atoms with van der Waals surface area (Å²) in [5, 5.41) is 3.42. The number of ether oxygens (including phenoxy) is 1. The average Bonchev–Trinajstić information content (AvgIpc) is 3.07. The van der Waals surface area contributed by atoms with Crippen molar-refractivity contribution < 1.29 is 17.9 Å². The minimum atomic E-state index is -4.11. The van der Waals surface area contributed by atoms with Gasteiger partial charge in [-0.1, -0.05) is 6.92 Å². The van der Waals surface area contributed by atoms with Crippen molar-refractivity contribution in [3.8, 4) is 0 Å². The zero-order valence-corrected chi connectivity index (χ0v) is 12.1. The van der Waals surface area contributed by atoms with Crippen LogP contribution in [0.4, 0.5) is 13.2 Å². The third-order valence-electron chi connectivity index (χ3n) is 4.07. The fraction of sp³-hybridized carbons (Fsp3) is 1.00. The average molecular weight is 294 g/mol. The van der Waals surface area contributed by atoms with E-state index < -0.39 is 12.7 Å². The van der Waals surface area contributed by atoms with Crippen molar-refractivity contribution in [2.45, 2.75) is 50.9 Å². The highest BCUT2D eigenvalue weighted by Gasteiger charge is 2.40. The van der Waals surface area contributed by atoms with Crippen molar-refractivity contribution in [2.24, 2.45) is 5.92 Å². The molecule has 2 atom stereocenters. The van der Waals surface area contributed by atoms with Gasteiger partial charge in [-0.3, -0.25) is 4.90 Å². The molecule has 1 aliphatic carbocycles. The number of nitrogens with one attached hydrogen (secondary N) is 1. The summed E-state index contributed by atoms with van der Waals surface area (Å²) in [4.78, 5) is 1.62. The smallest absolute Gasteiger partial charge is 0.381 e. The Labute approximate surface area is 118 Å². The lowest BCUT2D eigenvalue weighted by molar-refractivity contribution is -0.148. The summed E-state index contributed by atoms with van der Waals surface area (Å²) in [7, 11) is 0. The standard InChI is InChI=1S/C14H25F3N2O/c1-2-6-18-13(11-5-7-20-9-11)8-19(12-3-4-12)10-14(15,16)17/h11-13,18H,2-10H2,1H3. The van der Waals surface area contributed by atoms with Gasteiger partial charge < -0.3 is 10.1 Å². The Kier molecular flexibility index (Phi) is 5.69. The van der Waals surface area contributed by atoms with Gasteiger partial charge in [-0.25, -0.2) is 0 Å². The molecule has 1 saturated heterocycles. The van der Waals surface area contributed by atoms with Crippen LogP contribution in [0.5, 0.6) is 0 Å². The Morgan fingerprint density at radius 1 is 1.30 bits per heavy atom. The summed E-state index contributed by atoms with van der Waals surface area (Å²) in [6.45, 7) is 4.03. The van der Waals surface area contributed by atoms with Crippen molar-refractivity contribution in [2.75, 3.05) is 32.8 Å². The number of nitrogens with zero attached hydrogens (tertiary/aromatic N) is 1. The van der Waals surface area contributed by atoms with Gasteiger partial charge in [0.25, 0.3) is 0 Å². The van der Waals surface area contributed by atoms with E-state index in [1.54, 1.807) is 4.90 Å². The van der Waals surface area contributed by atoms with Crippen molar-refractivity contribution in [1.82, 2.24) is 10.2 Å². The SMILES string of the molecule is CCCNC(CN(CC(F)(F)F)C1CC1)C1CCOC1. The van der Waals surface area contributed by atoms with Gasteiger partial charge in [-0.15, -0.1) is 0 Å². The van der Waals surface area contributed by atoms with Crippen LogP contribution in [0.25, 0.3) is 0 Å². The first kappa shape index (κ1) is 16.0. The third-order valence-corrected chi connectivity index (χ3v) is 4.07. The van der Waals surface area contributed by atoms with Gasteiger partial charge in [0, 0.05) is 31.2 Å². The first-order chi connectivity index (χ1) is 9.49. The van der Waals surface area contributed by atoms with Crippen LogP contribution < -0.4 is 5.32 Å². The summed E-state index contributed by atoms with van der Waals surface area (Å²) in [5.41, 5.74) is 0. The fourth-order valence-electron chi connectivity index (χ4n) is 2.85. The van der Waals surface area contributed by atoms with Crippen molar-refractivity contribution in [3.63, 3.8) is 0 Å². The zero-order chi connectivity index (χ0) is 14.6. The molecule has 3 nitrogen and oxygen atoms in total. The van der Waals surface area contributed by atoms with Crippen LogP contribution in [-0.2, 0) is 4.74 Å². The van der Waals surface area contributed by atoms with Crippen molar-refractivity contribution in [1.29, 1.82) is 0 Å². The predicted molar refractivity (Wildman–Crippen MR) is 71.7 cm³/mol. The lowest BCUT2D eigenvalue weighted by Crippen LogP contribution is -2.49. The minimum Gasteiger partial charge on any atom is -0.381 e. The van der Waals surface area contributed by atoms with E-state index in [1.165, 1.54) is 0 Å². The van der Waals surface area contributed by atoms with Gasteiger partial charge in [0.2, 0.25) is 0 Å². The van der Waals surface area contributed by atoms with Crippen LogP contribution in [0.2, 0.25) is 0 Å². The van der Waals surface area contributed by atoms with Gasteiger partial charge in [-0.05, 0) is 32.2 Å². The molecular weight excluding hydrogens is 269 g/mol. The van der Waals surface area contributed by atoms with Crippen molar-refractivity contribution >= 4 is 0 Å². The molecule has 0 bridgehead atoms. The second-order valence-corrected chi connectivity index (χ2v) is 5.96. The molecule has 2 fully saturated rings. The summed E-state index contributed by atoms with van der Waals surface area (Å²) >= 11 is 0. The molecule has 1 heterocycles. The molecule has 0 aromatic carbocycles. The molecule has 2 aliphatic rings. The van der Waals surface area contributed by atoms with Gasteiger partial charge in [-0.2, -0.15) is 13.2 Å². The molecular formula is C14H25F3N2O. The fourth-order valence-corrected chi connectivity index (χ4v) is 2.85. The van der Waals surface area contributed by atoms with Crippen LogP contribution in [0.1, 0.15) is 32.6 Å². The van der Waals surface area contributed by atoms with E-state index >= 15 is 0 Å². The summed E-state index contributed by atoms with van der Waals surface area (Å²) in [6.07, 6.45) is -0.363. The Morgan fingerprint density at radius 2 is 2.05 bits per heavy atom. The van der Waals surface area contributed by atoms with E-state index in [-0.39, 0.29) is 12.1 Å². The quantitative estimate of drug-likeness (QED) is 0.744. The normalized spacial score (nSPS) is 25.4. The van der Waals surface area contributed by atoms with Crippen LogP contribution in [0.3, 0.4) is 0 Å². The van der Waals surface area contributed by atoms with Crippen LogP contribution in [-0.4, -0.2) is 56.0 Å². The van der Waals surface area contributed by atoms with Gasteiger partial charge in [0.05, 0.1) is 13.2 Å². The zero-order valence-electron chi connectivity index (χ0n) is 12.1. The molecule has 0 aromatic rings. The van der Waals surface area contributed by atoms with Gasteiger partial charge in [0.1, 0.15) is 0 Å². The number of hydrogen-bond donors (Lipinski definition) is 1. The van der Waals surface area contributed by atoms with E-state index in [4.69, 9.17) is 4.74 Å². The molecule has 0 spiro atoms. The summed E-state index contributed by atoms with van der Waals surface area (Å²) < 4.78 is 43.5. The van der Waals surface area contributed by atoms with Crippen LogP contribution in [0, 0.1) is 5.92 Å². The monoisotopic (exact) mass is 294 g/mol. The highest BCUT2D eigenvalue weighted by molar-refractivity contribution is 4.90. The molecule has 0 amide bonds. The molecule has 0 aromatic heterocycles. The van der Waals surface area contributed by atoms with Gasteiger partial charge in [0.15, 0.2) is 0 Å². The van der Waals surface area contributed by atoms with Gasteiger partial charge >= 0.3 is 6.18 Å². The summed E-state index contributed by atoms with van der Waals surface area (Å²) in [5.74, 6) is 0.344. The first-order valence-electron chi connectivity index (χ1n) is 7.61. The maximum absolute atomic E-state index is 12.7. The summed E-state index contributed by atoms with van der Waals surface area (Å²) in [6, 6.07) is 0.241. The Balaban J connectivity index is 1.92. The topological polar surface area (TPSA) is 24.5 Å². The first-order valence-corrected chi connectivity index (χ1v) is 7.61. The molecule has 1 N–H and O–H groups in total. The highest BCUT2D eigenvalue weighted by Crippen LogP contribution is 2.31. The van der Waals surface area contributed by atoms with E-state index in [0.29, 0.717) is 19.1 Å². The van der Waals surface area contributed by atoms with E-state index in [0.717, 1.165) is 38.8 Å². The maximum Gasteiger partial charge on any atom is 0.401 e. The molecule has 1 aliphatic heterocycles. The predicted octanol–water partition coefficient (Wildman–Crippen LogP) is 2.42. The molecule has 118 valence electrons. The molecule has 2 rings (SSSR count). The molecule has 20 heavy (non-hydrogen) atoms. The largest absolute Gasteiger partial charge is 0.401 e. The molecule has 2 unspecified atom stereocenters. The van der Waals surface area contributed by atoms with E-state index in [9.17, 15) is 13.2 Å². The Morgan fingerprint density at radius 3 is 2.55 bits per heavy atom. The van der Waals surface area contributed by atoms with Crippen LogP contribution in [0.15, 0.2) is 0 Å². The number of hydrogen-bond acceptors (Lipinski definition) is 3. The lowest BCUT2D eigenvalue weighted by atomic mass is 9.98. The van der Waals surface area contributed by atoms with Crippen molar-refractivity contribution in [3.05, 3.63) is 0 Å². The second kappa shape index (κ2) is 7.09. The second-order valence-electron chi connectivity index (χ2n) is 5.96. The number of rotatable bonds is 8. The number of alkyl halides is 3. The Bertz CT molecular complexity index is 289. The van der Waals surface area contributed by atoms with E-state index in [2.05, 4.69) is 12.2 Å². The Hall–Kier alpha value is -0.330.